The van der Waals surface area contributed by atoms with E-state index in [1.54, 1.807) is 4.90 Å². The van der Waals surface area contributed by atoms with E-state index in [4.69, 9.17) is 4.74 Å². The lowest BCUT2D eigenvalue weighted by Crippen LogP contribution is -2.28. The number of para-hydroxylation sites is 1. The highest BCUT2D eigenvalue weighted by Crippen LogP contribution is 2.26. The molecule has 0 unspecified atom stereocenters. The Balaban J connectivity index is 1.54. The number of benzene rings is 2. The Morgan fingerprint density at radius 2 is 1.96 bits per heavy atom. The van der Waals surface area contributed by atoms with Gasteiger partial charge in [0, 0.05) is 24.3 Å². The van der Waals surface area contributed by atoms with Crippen molar-refractivity contribution >= 4 is 29.2 Å². The monoisotopic (exact) mass is 380 g/mol. The Hall–Kier alpha value is -3.15. The highest BCUT2D eigenvalue weighted by Gasteiger charge is 2.36. The second-order valence-corrected chi connectivity index (χ2v) is 6.91. The first kappa shape index (κ1) is 19.6. The topological polar surface area (TPSA) is 75.7 Å². The maximum absolute atomic E-state index is 12.3. The van der Waals surface area contributed by atoms with Gasteiger partial charge in [-0.1, -0.05) is 37.3 Å². The number of esters is 1. The van der Waals surface area contributed by atoms with Crippen molar-refractivity contribution in [3.8, 4) is 0 Å². The molecule has 2 amide bonds. The summed E-state index contributed by atoms with van der Waals surface area (Å²) < 4.78 is 5.16. The minimum atomic E-state index is -0.566. The van der Waals surface area contributed by atoms with Crippen LogP contribution in [0.4, 0.5) is 11.4 Å². The lowest BCUT2D eigenvalue weighted by atomic mass is 10.1. The van der Waals surface area contributed by atoms with E-state index in [2.05, 4.69) is 5.32 Å². The predicted molar refractivity (Wildman–Crippen MR) is 107 cm³/mol. The third kappa shape index (κ3) is 4.57. The van der Waals surface area contributed by atoms with Gasteiger partial charge in [0.15, 0.2) is 6.61 Å². The molecule has 0 bridgehead atoms. The third-order valence-corrected chi connectivity index (χ3v) is 4.79. The van der Waals surface area contributed by atoms with E-state index in [9.17, 15) is 14.4 Å². The molecule has 1 heterocycles. The SMILES string of the molecule is CCc1ccccc1NC(=O)COC(=O)[C@@H]1CC(=O)N(c2cccc(C)c2)C1. The van der Waals surface area contributed by atoms with E-state index in [0.29, 0.717) is 5.69 Å². The van der Waals surface area contributed by atoms with Crippen LogP contribution in [0.15, 0.2) is 48.5 Å². The molecule has 1 fully saturated rings. The van der Waals surface area contributed by atoms with Crippen LogP contribution >= 0.6 is 0 Å². The molecular weight excluding hydrogens is 356 g/mol. The van der Waals surface area contributed by atoms with Crippen LogP contribution in [0.1, 0.15) is 24.5 Å². The Morgan fingerprint density at radius 3 is 2.71 bits per heavy atom. The fourth-order valence-corrected chi connectivity index (χ4v) is 3.30. The van der Waals surface area contributed by atoms with Crippen molar-refractivity contribution in [3.05, 3.63) is 59.7 Å². The lowest BCUT2D eigenvalue weighted by Gasteiger charge is -2.17. The van der Waals surface area contributed by atoms with Gasteiger partial charge in [0.2, 0.25) is 5.91 Å². The first-order chi connectivity index (χ1) is 13.5. The number of carbonyl (C=O) groups is 3. The minimum Gasteiger partial charge on any atom is -0.455 e. The number of aryl methyl sites for hydroxylation is 2. The number of hydrogen-bond acceptors (Lipinski definition) is 4. The van der Waals surface area contributed by atoms with E-state index in [1.165, 1.54) is 0 Å². The first-order valence-electron chi connectivity index (χ1n) is 9.39. The summed E-state index contributed by atoms with van der Waals surface area (Å²) in [6, 6.07) is 15.1. The molecule has 3 rings (SSSR count). The summed E-state index contributed by atoms with van der Waals surface area (Å²) in [6.07, 6.45) is 0.877. The summed E-state index contributed by atoms with van der Waals surface area (Å²) in [6.45, 7) is 3.85. The van der Waals surface area contributed by atoms with Crippen molar-refractivity contribution in [2.75, 3.05) is 23.4 Å². The average molecular weight is 380 g/mol. The zero-order chi connectivity index (χ0) is 20.1. The highest BCUT2D eigenvalue weighted by atomic mass is 16.5. The van der Waals surface area contributed by atoms with Crippen LogP contribution < -0.4 is 10.2 Å². The molecule has 28 heavy (non-hydrogen) atoms. The summed E-state index contributed by atoms with van der Waals surface area (Å²) in [4.78, 5) is 38.3. The molecule has 0 aromatic heterocycles. The molecule has 6 nitrogen and oxygen atoms in total. The number of nitrogens with one attached hydrogen (secondary N) is 1. The molecule has 0 radical (unpaired) electrons. The summed E-state index contributed by atoms with van der Waals surface area (Å²) in [5.74, 6) is -1.60. The van der Waals surface area contributed by atoms with Crippen LogP contribution in [0.5, 0.6) is 0 Å². The molecule has 1 aliphatic rings. The molecule has 0 spiro atoms. The number of rotatable bonds is 6. The van der Waals surface area contributed by atoms with Gasteiger partial charge in [-0.15, -0.1) is 0 Å². The average Bonchev–Trinajstić information content (AvgIpc) is 3.08. The van der Waals surface area contributed by atoms with Gasteiger partial charge in [-0.2, -0.15) is 0 Å². The van der Waals surface area contributed by atoms with Crippen LogP contribution in [0.25, 0.3) is 0 Å². The van der Waals surface area contributed by atoms with Gasteiger partial charge in [-0.05, 0) is 42.7 Å². The molecule has 6 heteroatoms. The maximum atomic E-state index is 12.3. The van der Waals surface area contributed by atoms with Crippen molar-refractivity contribution in [2.24, 2.45) is 5.92 Å². The fraction of sp³-hybridized carbons (Fsp3) is 0.318. The number of amides is 2. The van der Waals surface area contributed by atoms with Crippen molar-refractivity contribution in [1.82, 2.24) is 0 Å². The number of hydrogen-bond donors (Lipinski definition) is 1. The van der Waals surface area contributed by atoms with E-state index in [-0.39, 0.29) is 25.5 Å². The van der Waals surface area contributed by atoms with Gasteiger partial charge in [0.05, 0.1) is 5.92 Å². The maximum Gasteiger partial charge on any atom is 0.311 e. The van der Waals surface area contributed by atoms with Crippen LogP contribution in [0.3, 0.4) is 0 Å². The second-order valence-electron chi connectivity index (χ2n) is 6.91. The normalized spacial score (nSPS) is 16.1. The molecular formula is C22H24N2O4. The molecule has 1 atom stereocenters. The van der Waals surface area contributed by atoms with Gasteiger partial charge >= 0.3 is 5.97 Å². The van der Waals surface area contributed by atoms with Gasteiger partial charge in [0.25, 0.3) is 5.91 Å². The fourth-order valence-electron chi connectivity index (χ4n) is 3.30. The Kier molecular flexibility index (Phi) is 6.09. The summed E-state index contributed by atoms with van der Waals surface area (Å²) in [5, 5.41) is 2.76. The van der Waals surface area contributed by atoms with Crippen LogP contribution in [-0.4, -0.2) is 30.9 Å². The van der Waals surface area contributed by atoms with Crippen molar-refractivity contribution < 1.29 is 19.1 Å². The summed E-state index contributed by atoms with van der Waals surface area (Å²) in [7, 11) is 0. The van der Waals surface area contributed by atoms with Crippen LogP contribution in [0, 0.1) is 12.8 Å². The Bertz CT molecular complexity index is 894. The molecule has 2 aromatic carbocycles. The van der Waals surface area contributed by atoms with Gasteiger partial charge in [0.1, 0.15) is 0 Å². The lowest BCUT2D eigenvalue weighted by molar-refractivity contribution is -0.151. The summed E-state index contributed by atoms with van der Waals surface area (Å²) >= 11 is 0. The van der Waals surface area contributed by atoms with Gasteiger partial charge in [-0.25, -0.2) is 0 Å². The smallest absolute Gasteiger partial charge is 0.311 e. The quantitative estimate of drug-likeness (QED) is 0.782. The van der Waals surface area contributed by atoms with E-state index < -0.39 is 17.8 Å². The standard InChI is InChI=1S/C22H24N2O4/c1-3-16-8-4-5-10-19(16)23-20(25)14-28-22(27)17-12-21(26)24(13-17)18-9-6-7-15(2)11-18/h4-11,17H,3,12-14H2,1-2H3,(H,23,25)/t17-/m1/s1. The largest absolute Gasteiger partial charge is 0.455 e. The van der Waals surface area contributed by atoms with E-state index in [0.717, 1.165) is 23.2 Å². The van der Waals surface area contributed by atoms with Gasteiger partial charge < -0.3 is 15.0 Å². The number of nitrogens with zero attached hydrogens (tertiary/aromatic N) is 1. The van der Waals surface area contributed by atoms with E-state index >= 15 is 0 Å². The van der Waals surface area contributed by atoms with Crippen LogP contribution in [-0.2, 0) is 25.5 Å². The second kappa shape index (κ2) is 8.69. The first-order valence-corrected chi connectivity index (χ1v) is 9.39. The molecule has 2 aromatic rings. The number of ether oxygens (including phenoxy) is 1. The van der Waals surface area contributed by atoms with Crippen molar-refractivity contribution in [3.63, 3.8) is 0 Å². The Labute approximate surface area is 164 Å². The van der Waals surface area contributed by atoms with Crippen molar-refractivity contribution in [2.45, 2.75) is 26.7 Å². The number of carbonyl (C=O) groups excluding carboxylic acids is 3. The summed E-state index contributed by atoms with van der Waals surface area (Å²) in [5.41, 5.74) is 3.54. The Morgan fingerprint density at radius 1 is 1.18 bits per heavy atom. The van der Waals surface area contributed by atoms with Gasteiger partial charge in [-0.3, -0.25) is 14.4 Å². The zero-order valence-corrected chi connectivity index (χ0v) is 16.1. The number of anilines is 2. The predicted octanol–water partition coefficient (Wildman–Crippen LogP) is 3.09. The van der Waals surface area contributed by atoms with Crippen LogP contribution in [0.2, 0.25) is 0 Å². The highest BCUT2D eigenvalue weighted by molar-refractivity contribution is 6.00. The molecule has 146 valence electrons. The third-order valence-electron chi connectivity index (χ3n) is 4.79. The molecule has 1 saturated heterocycles. The zero-order valence-electron chi connectivity index (χ0n) is 16.1. The minimum absolute atomic E-state index is 0.0903. The molecule has 0 saturated carbocycles. The van der Waals surface area contributed by atoms with E-state index in [1.807, 2.05) is 62.4 Å². The molecule has 0 aliphatic carbocycles. The van der Waals surface area contributed by atoms with Crippen molar-refractivity contribution in [1.29, 1.82) is 0 Å². The molecule has 1 aliphatic heterocycles. The molecule has 1 N–H and O–H groups in total.